The summed E-state index contributed by atoms with van der Waals surface area (Å²) in [6.07, 6.45) is 1.85. The summed E-state index contributed by atoms with van der Waals surface area (Å²) >= 11 is 0. The summed E-state index contributed by atoms with van der Waals surface area (Å²) < 4.78 is 16.2. The van der Waals surface area contributed by atoms with Gasteiger partial charge in [-0.3, -0.25) is 4.99 Å². The molecule has 1 heterocycles. The van der Waals surface area contributed by atoms with E-state index in [1.165, 1.54) is 0 Å². The van der Waals surface area contributed by atoms with Crippen LogP contribution in [-0.4, -0.2) is 56.3 Å². The lowest BCUT2D eigenvalue weighted by molar-refractivity contribution is 0.323. The van der Waals surface area contributed by atoms with Gasteiger partial charge in [-0.2, -0.15) is 0 Å². The van der Waals surface area contributed by atoms with E-state index in [4.69, 9.17) is 14.2 Å². The van der Waals surface area contributed by atoms with Crippen LogP contribution in [0.15, 0.2) is 53.7 Å². The van der Waals surface area contributed by atoms with Gasteiger partial charge in [-0.15, -0.1) is 24.0 Å². The van der Waals surface area contributed by atoms with Crippen molar-refractivity contribution >= 4 is 29.9 Å². The molecule has 8 nitrogen and oxygen atoms in total. The Balaban J connectivity index is 0.00000363. The molecule has 3 rings (SSSR count). The van der Waals surface area contributed by atoms with Gasteiger partial charge < -0.3 is 29.4 Å². The summed E-state index contributed by atoms with van der Waals surface area (Å²) in [7, 11) is 8.52. The molecular weight excluding hydrogens is 521 g/mol. The lowest BCUT2D eigenvalue weighted by Gasteiger charge is -2.21. The van der Waals surface area contributed by atoms with Crippen molar-refractivity contribution in [3.63, 3.8) is 0 Å². The molecule has 32 heavy (non-hydrogen) atoms. The minimum absolute atomic E-state index is 0. The fraction of sp³-hybridized carbons (Fsp3) is 0.304. The molecule has 9 heteroatoms. The fourth-order valence-corrected chi connectivity index (χ4v) is 3.31. The van der Waals surface area contributed by atoms with Crippen LogP contribution < -0.4 is 19.5 Å². The average molecular weight is 551 g/mol. The predicted octanol–water partition coefficient (Wildman–Crippen LogP) is 3.93. The molecule has 0 aliphatic carbocycles. The normalized spacial score (nSPS) is 10.8. The predicted molar refractivity (Wildman–Crippen MR) is 137 cm³/mol. The zero-order valence-corrected chi connectivity index (χ0v) is 21.3. The van der Waals surface area contributed by atoms with Crippen molar-refractivity contribution in [2.24, 2.45) is 4.99 Å². The van der Waals surface area contributed by atoms with E-state index in [1.54, 1.807) is 28.4 Å². The fourth-order valence-electron chi connectivity index (χ4n) is 3.31. The van der Waals surface area contributed by atoms with Crippen LogP contribution in [0.3, 0.4) is 0 Å². The van der Waals surface area contributed by atoms with E-state index < -0.39 is 0 Å². The van der Waals surface area contributed by atoms with Gasteiger partial charge in [-0.05, 0) is 23.3 Å². The molecule has 1 aromatic heterocycles. The Morgan fingerprint density at radius 1 is 1.06 bits per heavy atom. The van der Waals surface area contributed by atoms with E-state index in [9.17, 15) is 0 Å². The number of hydrogen-bond donors (Lipinski definition) is 2. The number of aliphatic imine (C=N–C) groups is 1. The van der Waals surface area contributed by atoms with Gasteiger partial charge in [-0.25, -0.2) is 4.98 Å². The topological polar surface area (TPSA) is 84.0 Å². The Bertz CT molecular complexity index is 998. The Kier molecular flexibility index (Phi) is 9.63. The number of aromatic amines is 1. The number of imidazole rings is 1. The maximum absolute atomic E-state index is 5.43. The summed E-state index contributed by atoms with van der Waals surface area (Å²) in [5.41, 5.74) is 3.08. The molecule has 0 aliphatic rings. The minimum Gasteiger partial charge on any atom is -0.493 e. The summed E-state index contributed by atoms with van der Waals surface area (Å²) in [5.74, 6) is 3.41. The number of nitrogens with zero attached hydrogens (tertiary/aromatic N) is 3. The standard InChI is InChI=1S/C23H29N5O3.HI/c1-24-23(26-13-16-11-19(29-3)22(31-5)20(12-16)30-4)28(2)15-21-25-14-18(27-21)17-9-7-6-8-10-17;/h6-12,14H,13,15H2,1-5H3,(H,24,26)(H,25,27);1H. The molecule has 0 fully saturated rings. The number of hydrogen-bond acceptors (Lipinski definition) is 5. The van der Waals surface area contributed by atoms with Gasteiger partial charge in [0.25, 0.3) is 0 Å². The Morgan fingerprint density at radius 3 is 2.28 bits per heavy atom. The van der Waals surface area contributed by atoms with Crippen molar-refractivity contribution in [1.29, 1.82) is 0 Å². The maximum atomic E-state index is 5.43. The van der Waals surface area contributed by atoms with E-state index in [0.29, 0.717) is 30.3 Å². The van der Waals surface area contributed by atoms with E-state index >= 15 is 0 Å². The van der Waals surface area contributed by atoms with Crippen molar-refractivity contribution in [3.05, 3.63) is 60.0 Å². The number of H-pyrrole nitrogens is 1. The van der Waals surface area contributed by atoms with Crippen LogP contribution in [0.5, 0.6) is 17.2 Å². The zero-order valence-electron chi connectivity index (χ0n) is 19.0. The number of ether oxygens (including phenoxy) is 3. The zero-order chi connectivity index (χ0) is 22.2. The Hall–Kier alpha value is -2.95. The Labute approximate surface area is 206 Å². The molecule has 172 valence electrons. The van der Waals surface area contributed by atoms with Gasteiger partial charge >= 0.3 is 0 Å². The van der Waals surface area contributed by atoms with Gasteiger partial charge in [0.1, 0.15) is 5.82 Å². The van der Waals surface area contributed by atoms with Crippen LogP contribution in [0.2, 0.25) is 0 Å². The van der Waals surface area contributed by atoms with Gasteiger partial charge in [0, 0.05) is 20.6 Å². The first-order valence-electron chi connectivity index (χ1n) is 9.89. The van der Waals surface area contributed by atoms with Gasteiger partial charge in [0.2, 0.25) is 5.75 Å². The number of methoxy groups -OCH3 is 3. The number of aromatic nitrogens is 2. The summed E-state index contributed by atoms with van der Waals surface area (Å²) in [4.78, 5) is 14.3. The molecule has 0 atom stereocenters. The van der Waals surface area contributed by atoms with E-state index in [2.05, 4.69) is 32.4 Å². The molecule has 2 N–H and O–H groups in total. The molecule has 0 aliphatic heterocycles. The monoisotopic (exact) mass is 551 g/mol. The number of rotatable bonds is 8. The molecule has 0 saturated heterocycles. The largest absolute Gasteiger partial charge is 0.493 e. The smallest absolute Gasteiger partial charge is 0.203 e. The first-order valence-corrected chi connectivity index (χ1v) is 9.89. The second kappa shape index (κ2) is 12.2. The second-order valence-corrected chi connectivity index (χ2v) is 6.90. The van der Waals surface area contributed by atoms with Crippen LogP contribution in [-0.2, 0) is 13.1 Å². The van der Waals surface area contributed by atoms with Crippen molar-refractivity contribution in [2.75, 3.05) is 35.4 Å². The summed E-state index contributed by atoms with van der Waals surface area (Å²) in [6.45, 7) is 1.13. The van der Waals surface area contributed by atoms with E-state index in [-0.39, 0.29) is 24.0 Å². The van der Waals surface area contributed by atoms with Crippen molar-refractivity contribution < 1.29 is 14.2 Å². The van der Waals surface area contributed by atoms with Crippen molar-refractivity contribution in [2.45, 2.75) is 13.1 Å². The molecule has 0 radical (unpaired) electrons. The maximum Gasteiger partial charge on any atom is 0.203 e. The van der Waals surface area contributed by atoms with Crippen LogP contribution in [0, 0.1) is 0 Å². The molecule has 0 unspecified atom stereocenters. The van der Waals surface area contributed by atoms with Crippen molar-refractivity contribution in [1.82, 2.24) is 20.2 Å². The number of guanidine groups is 1. The average Bonchev–Trinajstić information content (AvgIpc) is 3.27. The number of nitrogens with one attached hydrogen (secondary N) is 2. The second-order valence-electron chi connectivity index (χ2n) is 6.90. The van der Waals surface area contributed by atoms with Gasteiger partial charge in [-0.1, -0.05) is 30.3 Å². The summed E-state index contributed by atoms with van der Waals surface area (Å²) in [6, 6.07) is 14.0. The van der Waals surface area contributed by atoms with Crippen LogP contribution >= 0.6 is 24.0 Å². The molecule has 0 saturated carbocycles. The minimum atomic E-state index is 0. The van der Waals surface area contributed by atoms with Crippen LogP contribution in [0.1, 0.15) is 11.4 Å². The van der Waals surface area contributed by atoms with Crippen LogP contribution in [0.25, 0.3) is 11.3 Å². The first-order chi connectivity index (χ1) is 15.1. The highest BCUT2D eigenvalue weighted by molar-refractivity contribution is 14.0. The SMILES string of the molecule is CN=C(NCc1cc(OC)c(OC)c(OC)c1)N(C)Cc1ncc(-c2ccccc2)[nH]1.I. The summed E-state index contributed by atoms with van der Waals surface area (Å²) in [5, 5.41) is 3.37. The lowest BCUT2D eigenvalue weighted by atomic mass is 10.2. The molecule has 0 bridgehead atoms. The molecular formula is C23H30IN5O3. The highest BCUT2D eigenvalue weighted by atomic mass is 127. The van der Waals surface area contributed by atoms with Gasteiger partial charge in [0.15, 0.2) is 17.5 Å². The molecule has 2 aromatic carbocycles. The molecule has 0 amide bonds. The highest BCUT2D eigenvalue weighted by Gasteiger charge is 2.14. The lowest BCUT2D eigenvalue weighted by Crippen LogP contribution is -2.38. The van der Waals surface area contributed by atoms with E-state index in [1.807, 2.05) is 48.5 Å². The van der Waals surface area contributed by atoms with Gasteiger partial charge in [0.05, 0.1) is 39.8 Å². The number of benzene rings is 2. The van der Waals surface area contributed by atoms with Crippen molar-refractivity contribution in [3.8, 4) is 28.5 Å². The quantitative estimate of drug-likeness (QED) is 0.251. The molecule has 0 spiro atoms. The van der Waals surface area contributed by atoms with E-state index in [0.717, 1.165) is 28.6 Å². The highest BCUT2D eigenvalue weighted by Crippen LogP contribution is 2.38. The third-order valence-electron chi connectivity index (χ3n) is 4.85. The molecule has 3 aromatic rings. The Morgan fingerprint density at radius 2 is 1.72 bits per heavy atom. The third kappa shape index (κ3) is 6.06. The first kappa shape index (κ1) is 25.3. The number of halogens is 1. The van der Waals surface area contributed by atoms with Crippen LogP contribution in [0.4, 0.5) is 0 Å². The third-order valence-corrected chi connectivity index (χ3v) is 4.85.